The lowest BCUT2D eigenvalue weighted by molar-refractivity contribution is 0.359. The highest BCUT2D eigenvalue weighted by Crippen LogP contribution is 2.34. The summed E-state index contributed by atoms with van der Waals surface area (Å²) < 4.78 is 0. The first-order valence-electron chi connectivity index (χ1n) is 9.77. The fourth-order valence-corrected chi connectivity index (χ4v) is 4.19. The Morgan fingerprint density at radius 2 is 1.85 bits per heavy atom. The van der Waals surface area contributed by atoms with Gasteiger partial charge in [-0.1, -0.05) is 32.0 Å². The molecule has 0 unspecified atom stereocenters. The minimum Gasteiger partial charge on any atom is -0.317 e. The Kier molecular flexibility index (Phi) is 4.77. The first-order chi connectivity index (χ1) is 12.7. The van der Waals surface area contributed by atoms with Crippen LogP contribution in [-0.4, -0.2) is 28.3 Å². The third-order valence-corrected chi connectivity index (χ3v) is 5.85. The number of benzene rings is 1. The highest BCUT2D eigenvalue weighted by atomic mass is 15.1. The maximum absolute atomic E-state index is 4.98. The summed E-state index contributed by atoms with van der Waals surface area (Å²) in [7, 11) is 2.08. The van der Waals surface area contributed by atoms with E-state index in [1.165, 1.54) is 36.6 Å². The highest BCUT2D eigenvalue weighted by Gasteiger charge is 2.21. The van der Waals surface area contributed by atoms with Crippen molar-refractivity contribution in [1.29, 1.82) is 0 Å². The zero-order valence-corrected chi connectivity index (χ0v) is 15.9. The van der Waals surface area contributed by atoms with Crippen LogP contribution in [0.15, 0.2) is 36.5 Å². The van der Waals surface area contributed by atoms with Crippen LogP contribution in [-0.2, 0) is 0 Å². The zero-order chi connectivity index (χ0) is 18.1. The van der Waals surface area contributed by atoms with Gasteiger partial charge < -0.3 is 5.32 Å². The number of aromatic amines is 1. The van der Waals surface area contributed by atoms with Crippen LogP contribution in [0.2, 0.25) is 0 Å². The van der Waals surface area contributed by atoms with Crippen LogP contribution in [0.1, 0.15) is 62.6 Å². The lowest BCUT2D eigenvalue weighted by Crippen LogP contribution is -2.29. The molecule has 0 radical (unpaired) electrons. The number of pyridine rings is 1. The van der Waals surface area contributed by atoms with Crippen molar-refractivity contribution < 1.29 is 0 Å². The number of H-pyrrole nitrogens is 1. The van der Waals surface area contributed by atoms with Crippen LogP contribution in [0.4, 0.5) is 0 Å². The Labute approximate surface area is 155 Å². The van der Waals surface area contributed by atoms with Gasteiger partial charge in [0.25, 0.3) is 0 Å². The molecule has 0 spiro atoms. The molecule has 136 valence electrons. The molecule has 1 aromatic carbocycles. The minimum atomic E-state index is 0.402. The van der Waals surface area contributed by atoms with E-state index in [0.717, 1.165) is 22.5 Å². The molecule has 4 nitrogen and oxygen atoms in total. The van der Waals surface area contributed by atoms with Crippen LogP contribution >= 0.6 is 0 Å². The summed E-state index contributed by atoms with van der Waals surface area (Å²) in [6.07, 6.45) is 6.94. The van der Waals surface area contributed by atoms with Crippen molar-refractivity contribution in [3.8, 4) is 11.3 Å². The van der Waals surface area contributed by atoms with Crippen molar-refractivity contribution in [3.05, 3.63) is 47.8 Å². The SMILES string of the molecule is CNC1CCC(c2ccc3ccc(-c4cn[nH]c4C(C)C)nc3c2)CC1. The molecule has 1 aliphatic carbocycles. The molecule has 26 heavy (non-hydrogen) atoms. The maximum atomic E-state index is 4.98. The van der Waals surface area contributed by atoms with Crippen LogP contribution in [0.25, 0.3) is 22.2 Å². The molecule has 3 aromatic rings. The largest absolute Gasteiger partial charge is 0.317 e. The second kappa shape index (κ2) is 7.20. The Morgan fingerprint density at radius 1 is 1.08 bits per heavy atom. The summed E-state index contributed by atoms with van der Waals surface area (Å²) in [5.41, 5.74) is 5.80. The first-order valence-corrected chi connectivity index (χ1v) is 9.77. The summed E-state index contributed by atoms with van der Waals surface area (Å²) in [5, 5.41) is 12.0. The average Bonchev–Trinajstić information content (AvgIpc) is 3.17. The van der Waals surface area contributed by atoms with Gasteiger partial charge in [-0.25, -0.2) is 4.98 Å². The van der Waals surface area contributed by atoms with Gasteiger partial charge in [-0.05, 0) is 62.3 Å². The first kappa shape index (κ1) is 17.2. The van der Waals surface area contributed by atoms with Crippen molar-refractivity contribution in [2.75, 3.05) is 7.05 Å². The fourth-order valence-electron chi connectivity index (χ4n) is 4.19. The zero-order valence-electron chi connectivity index (χ0n) is 15.9. The normalized spacial score (nSPS) is 20.8. The predicted octanol–water partition coefficient (Wildman–Crippen LogP) is 4.99. The van der Waals surface area contributed by atoms with E-state index < -0.39 is 0 Å². The minimum absolute atomic E-state index is 0.402. The number of hydrogen-bond donors (Lipinski definition) is 2. The van der Waals surface area contributed by atoms with Crippen molar-refractivity contribution >= 4 is 10.9 Å². The Balaban J connectivity index is 1.66. The van der Waals surface area contributed by atoms with E-state index in [0.29, 0.717) is 17.9 Å². The molecule has 4 rings (SSSR count). The summed E-state index contributed by atoms with van der Waals surface area (Å²) in [6.45, 7) is 4.36. The Bertz CT molecular complexity index is 888. The van der Waals surface area contributed by atoms with E-state index >= 15 is 0 Å². The molecule has 1 fully saturated rings. The Hall–Kier alpha value is -2.20. The van der Waals surface area contributed by atoms with Gasteiger partial charge in [0, 0.05) is 22.7 Å². The number of nitrogens with zero attached hydrogens (tertiary/aromatic N) is 2. The molecule has 2 aromatic heterocycles. The summed E-state index contributed by atoms with van der Waals surface area (Å²) in [5.74, 6) is 1.06. The lowest BCUT2D eigenvalue weighted by Gasteiger charge is -2.28. The molecule has 2 N–H and O–H groups in total. The van der Waals surface area contributed by atoms with Gasteiger partial charge in [0.15, 0.2) is 0 Å². The van der Waals surface area contributed by atoms with Crippen molar-refractivity contribution in [2.45, 2.75) is 57.4 Å². The number of aromatic nitrogens is 3. The maximum Gasteiger partial charge on any atom is 0.0744 e. The number of hydrogen-bond acceptors (Lipinski definition) is 3. The van der Waals surface area contributed by atoms with Crippen LogP contribution in [0, 0.1) is 0 Å². The van der Waals surface area contributed by atoms with Gasteiger partial charge in [-0.2, -0.15) is 5.10 Å². The summed E-state index contributed by atoms with van der Waals surface area (Å²) >= 11 is 0. The number of fused-ring (bicyclic) bond motifs is 1. The molecule has 2 heterocycles. The molecule has 0 bridgehead atoms. The van der Waals surface area contributed by atoms with Gasteiger partial charge in [0.1, 0.15) is 0 Å². The van der Waals surface area contributed by atoms with Gasteiger partial charge in [0.05, 0.1) is 17.4 Å². The van der Waals surface area contributed by atoms with E-state index in [1.54, 1.807) is 0 Å². The van der Waals surface area contributed by atoms with E-state index in [-0.39, 0.29) is 0 Å². The standard InChI is InChI=1S/C22H28N4/c1-14(2)22-19(13-24-26-22)20-11-8-16-4-5-17(12-21(16)25-20)15-6-9-18(23-3)10-7-15/h4-5,8,11-15,18,23H,6-7,9-10H2,1-3H3,(H,24,26). The van der Waals surface area contributed by atoms with Gasteiger partial charge in [0.2, 0.25) is 0 Å². The molecule has 0 saturated heterocycles. The van der Waals surface area contributed by atoms with E-state index in [9.17, 15) is 0 Å². The van der Waals surface area contributed by atoms with Gasteiger partial charge in [-0.3, -0.25) is 5.10 Å². The average molecular weight is 348 g/mol. The smallest absolute Gasteiger partial charge is 0.0744 e. The molecule has 1 saturated carbocycles. The lowest BCUT2D eigenvalue weighted by atomic mass is 9.81. The molecule has 1 aliphatic rings. The molecule has 0 aliphatic heterocycles. The summed E-state index contributed by atoms with van der Waals surface area (Å²) in [6, 6.07) is 11.8. The van der Waals surface area contributed by atoms with Crippen LogP contribution < -0.4 is 5.32 Å². The van der Waals surface area contributed by atoms with Gasteiger partial charge >= 0.3 is 0 Å². The Morgan fingerprint density at radius 3 is 2.58 bits per heavy atom. The van der Waals surface area contributed by atoms with Crippen molar-refractivity contribution in [1.82, 2.24) is 20.5 Å². The molecular weight excluding hydrogens is 320 g/mol. The third kappa shape index (κ3) is 3.26. The predicted molar refractivity (Wildman–Crippen MR) is 107 cm³/mol. The highest BCUT2D eigenvalue weighted by molar-refractivity contribution is 5.82. The molecule has 4 heteroatoms. The van der Waals surface area contributed by atoms with Crippen molar-refractivity contribution in [2.24, 2.45) is 0 Å². The topological polar surface area (TPSA) is 53.6 Å². The van der Waals surface area contributed by atoms with E-state index in [4.69, 9.17) is 4.98 Å². The summed E-state index contributed by atoms with van der Waals surface area (Å²) in [4.78, 5) is 4.98. The van der Waals surface area contributed by atoms with E-state index in [1.807, 2.05) is 6.20 Å². The van der Waals surface area contributed by atoms with Crippen molar-refractivity contribution in [3.63, 3.8) is 0 Å². The third-order valence-electron chi connectivity index (χ3n) is 5.85. The second-order valence-corrected chi connectivity index (χ2v) is 7.84. The number of nitrogens with one attached hydrogen (secondary N) is 2. The molecular formula is C22H28N4. The monoisotopic (exact) mass is 348 g/mol. The fraction of sp³-hybridized carbons (Fsp3) is 0.455. The van der Waals surface area contributed by atoms with Gasteiger partial charge in [-0.15, -0.1) is 0 Å². The van der Waals surface area contributed by atoms with Crippen LogP contribution in [0.5, 0.6) is 0 Å². The molecule has 0 atom stereocenters. The number of rotatable bonds is 4. The second-order valence-electron chi connectivity index (χ2n) is 7.84. The quantitative estimate of drug-likeness (QED) is 0.698. The van der Waals surface area contributed by atoms with E-state index in [2.05, 4.69) is 66.7 Å². The molecule has 0 amide bonds. The van der Waals surface area contributed by atoms with Crippen LogP contribution in [0.3, 0.4) is 0 Å².